The van der Waals surface area contributed by atoms with Crippen LogP contribution in [0.5, 0.6) is 0 Å². The largest absolute Gasteiger partial charge is 2.00 e. The number of hydrogen-bond donors (Lipinski definition) is 0. The Kier molecular flexibility index (Phi) is 375. The summed E-state index contributed by atoms with van der Waals surface area (Å²) in [6, 6.07) is 0. The molecule has 0 atom stereocenters. The van der Waals surface area contributed by atoms with Crippen LogP contribution in [-0.4, -0.2) is 54.6 Å². The molecule has 0 aromatic carbocycles. The van der Waals surface area contributed by atoms with E-state index < -0.39 is 0 Å². The molecule has 0 aliphatic carbocycles. The Morgan fingerprint density at radius 3 is 0.600 bits per heavy atom. The fourth-order valence-electron chi connectivity index (χ4n) is 0. The molecule has 0 aliphatic heterocycles. The minimum atomic E-state index is 0. The van der Waals surface area contributed by atoms with Crippen LogP contribution >= 0.6 is 0 Å². The molecule has 0 amide bonds. The minimum Gasteiger partial charge on any atom is -2.00 e. The summed E-state index contributed by atoms with van der Waals surface area (Å²) in [5.41, 5.74) is 0. The average molecular weight is 500 g/mol. The van der Waals surface area contributed by atoms with Crippen molar-refractivity contribution in [1.29, 1.82) is 0 Å². The summed E-state index contributed by atoms with van der Waals surface area (Å²) in [6.07, 6.45) is 0. The van der Waals surface area contributed by atoms with Crippen molar-refractivity contribution < 1.29 is 27.7 Å². The molecule has 2 nitrogen and oxygen atoms in total. The van der Waals surface area contributed by atoms with Gasteiger partial charge in [-0.25, -0.2) is 0 Å². The van der Waals surface area contributed by atoms with Gasteiger partial charge >= 0.3 is 71.4 Å². The van der Waals surface area contributed by atoms with E-state index in [2.05, 4.69) is 0 Å². The van der Waals surface area contributed by atoms with Gasteiger partial charge in [-0.2, -0.15) is 0 Å². The van der Waals surface area contributed by atoms with E-state index in [9.17, 15) is 0 Å². The third kappa shape index (κ3) is 22.2. The summed E-state index contributed by atoms with van der Waals surface area (Å²) in [5, 5.41) is 0. The first kappa shape index (κ1) is 55.4. The first-order valence-corrected chi connectivity index (χ1v) is 0. The summed E-state index contributed by atoms with van der Waals surface area (Å²) in [6.45, 7) is 0. The second kappa shape index (κ2) is 33.8. The fourth-order valence-corrected chi connectivity index (χ4v) is 0. The van der Waals surface area contributed by atoms with Gasteiger partial charge in [0.25, 0.3) is 0 Å². The summed E-state index contributed by atoms with van der Waals surface area (Å²) in [7, 11) is 0. The van der Waals surface area contributed by atoms with Gasteiger partial charge in [0.05, 0.1) is 0 Å². The quantitative estimate of drug-likeness (QED) is 0.384. The summed E-state index contributed by atoms with van der Waals surface area (Å²) in [4.78, 5) is 0. The van der Waals surface area contributed by atoms with Crippen LogP contribution in [0.3, 0.4) is 0 Å². The van der Waals surface area contributed by atoms with Crippen LogP contribution < -0.4 is 0 Å². The molecule has 0 unspecified atom stereocenters. The molecule has 0 aliphatic rings. The zero-order valence-corrected chi connectivity index (χ0v) is 12.3. The normalized spacial score (nSPS) is 0. The van der Waals surface area contributed by atoms with Crippen molar-refractivity contribution in [2.45, 2.75) is 0 Å². The van der Waals surface area contributed by atoms with Gasteiger partial charge in [-0.05, 0) is 0 Å². The van der Waals surface area contributed by atoms with E-state index in [-0.39, 0.29) is 82.3 Å². The summed E-state index contributed by atoms with van der Waals surface area (Å²) < 4.78 is 0. The zero-order chi connectivity index (χ0) is 0. The first-order valence-electron chi connectivity index (χ1n) is 0. The van der Waals surface area contributed by atoms with Crippen molar-refractivity contribution >= 4 is 54.6 Å². The van der Waals surface area contributed by atoms with Crippen molar-refractivity contribution in [2.75, 3.05) is 0 Å². The van der Waals surface area contributed by atoms with Crippen molar-refractivity contribution in [3.8, 4) is 0 Å². The van der Waals surface area contributed by atoms with Crippen molar-refractivity contribution in [1.82, 2.24) is 0 Å². The molecule has 0 bridgehead atoms. The summed E-state index contributed by atoms with van der Waals surface area (Å²) >= 11 is 0. The van der Waals surface area contributed by atoms with Gasteiger partial charge in [-0.1, -0.05) is 0 Å². The molecular formula is CoO2Tl2. The van der Waals surface area contributed by atoms with Crippen LogP contribution in [0.15, 0.2) is 0 Å². The third-order valence-corrected chi connectivity index (χ3v) is 0. The van der Waals surface area contributed by atoms with E-state index in [1.807, 2.05) is 0 Å². The average Bonchev–Trinajstić information content (AvgIpc) is 0. The Morgan fingerprint density at radius 1 is 0.600 bits per heavy atom. The van der Waals surface area contributed by atoms with Crippen LogP contribution in [0.2, 0.25) is 0 Å². The number of rotatable bonds is 0. The fraction of sp³-hybridized carbons (Fsp3) is 0. The smallest absolute Gasteiger partial charge is 2.00 e. The van der Waals surface area contributed by atoms with E-state index in [1.54, 1.807) is 0 Å². The topological polar surface area (TPSA) is 57.0 Å². The van der Waals surface area contributed by atoms with Crippen molar-refractivity contribution in [2.24, 2.45) is 0 Å². The van der Waals surface area contributed by atoms with Gasteiger partial charge in [0.2, 0.25) is 0 Å². The van der Waals surface area contributed by atoms with Crippen LogP contribution in [-0.2, 0) is 27.7 Å². The molecule has 0 aromatic heterocycles. The molecule has 5 heteroatoms. The maximum atomic E-state index is 0. The Bertz CT molecular complexity index is 7.61. The maximum absolute atomic E-state index is 0. The predicted molar refractivity (Wildman–Crippen MR) is 12.9 cm³/mol. The molecule has 0 spiro atoms. The second-order valence-corrected chi connectivity index (χ2v) is 0. The molecule has 0 rings (SSSR count). The van der Waals surface area contributed by atoms with Gasteiger partial charge in [0.1, 0.15) is 0 Å². The van der Waals surface area contributed by atoms with E-state index in [0.717, 1.165) is 0 Å². The molecule has 1 radical (unpaired) electrons. The molecule has 0 aromatic rings. The number of hydrogen-bond acceptors (Lipinski definition) is 0. The van der Waals surface area contributed by atoms with Crippen LogP contribution in [0.1, 0.15) is 0 Å². The SMILES string of the molecule is [Co+2].[O-2].[O-2].[Tl+].[Tl+]. The summed E-state index contributed by atoms with van der Waals surface area (Å²) in [5.74, 6) is 0. The van der Waals surface area contributed by atoms with Gasteiger partial charge in [0.15, 0.2) is 0 Å². The van der Waals surface area contributed by atoms with Gasteiger partial charge < -0.3 is 11.0 Å². The van der Waals surface area contributed by atoms with E-state index in [0.29, 0.717) is 0 Å². The molecule has 0 saturated carbocycles. The van der Waals surface area contributed by atoms with Crippen LogP contribution in [0.25, 0.3) is 0 Å². The van der Waals surface area contributed by atoms with Crippen molar-refractivity contribution in [3.05, 3.63) is 0 Å². The Labute approximate surface area is 81.2 Å². The molecule has 0 saturated heterocycles. The molecule has 27 valence electrons. The van der Waals surface area contributed by atoms with Crippen LogP contribution in [0.4, 0.5) is 0 Å². The molecular weight excluding hydrogens is 500 g/mol. The molecule has 0 heterocycles. The van der Waals surface area contributed by atoms with Crippen molar-refractivity contribution in [3.63, 3.8) is 0 Å². The first-order chi connectivity index (χ1) is 0. The monoisotopic (exact) mass is 501 g/mol. The maximum Gasteiger partial charge on any atom is 2.00 e. The van der Waals surface area contributed by atoms with Gasteiger partial charge in [0, 0.05) is 0 Å². The Balaban J connectivity index is 0. The van der Waals surface area contributed by atoms with Gasteiger partial charge in [-0.3, -0.25) is 0 Å². The Morgan fingerprint density at radius 2 is 0.600 bits per heavy atom. The standard InChI is InChI=1S/Co.2O.2Tl/q+2;2*-2;2*+1. The van der Waals surface area contributed by atoms with Gasteiger partial charge in [-0.15, -0.1) is 0 Å². The zero-order valence-electron chi connectivity index (χ0n) is 2.30. The molecule has 0 N–H and O–H groups in total. The van der Waals surface area contributed by atoms with Crippen LogP contribution in [0, 0.1) is 0 Å². The Hall–Kier alpha value is 2.27. The van der Waals surface area contributed by atoms with E-state index >= 15 is 0 Å². The van der Waals surface area contributed by atoms with E-state index in [1.165, 1.54) is 0 Å². The molecule has 0 fully saturated rings. The third-order valence-electron chi connectivity index (χ3n) is 0. The predicted octanol–water partition coefficient (Wildman–Crippen LogP) is -1.00. The molecule has 5 heavy (non-hydrogen) atoms. The second-order valence-electron chi connectivity index (χ2n) is 0. The minimum absolute atomic E-state index is 0. The van der Waals surface area contributed by atoms with E-state index in [4.69, 9.17) is 0 Å².